The maximum atomic E-state index is 15.5. The Morgan fingerprint density at radius 2 is 1.87 bits per heavy atom. The number of carbonyl (C=O) groups is 1. The van der Waals surface area contributed by atoms with Crippen molar-refractivity contribution in [2.45, 2.75) is 37.4 Å². The molecule has 1 amide bonds. The molecule has 3 aromatic rings. The number of aromatic nitrogens is 2. The number of hydrogen-bond donors (Lipinski definition) is 2. The molecule has 0 bridgehead atoms. The largest absolute Gasteiger partial charge is 0.333 e. The molecule has 1 aliphatic rings. The minimum absolute atomic E-state index is 0.224. The van der Waals surface area contributed by atoms with Crippen LogP contribution in [0.15, 0.2) is 42.7 Å². The molecular weight excluding hydrogens is 407 g/mol. The standard InChI is InChI=1S/C21H23FN4O3S/c1-26-13-23-17-12-16(14-8-4-2-5-9-14)19(22)18(20(17)26)21(27)24-25-30(28,29)15-10-6-3-7-11-15/h2,4-5,8-9,12-13,15,25H,3,6-7,10-11H2,1H3,(H,24,27). The van der Waals surface area contributed by atoms with Crippen LogP contribution in [0.3, 0.4) is 0 Å². The van der Waals surface area contributed by atoms with Crippen molar-refractivity contribution >= 4 is 27.0 Å². The van der Waals surface area contributed by atoms with Crippen LogP contribution in [0.4, 0.5) is 4.39 Å². The summed E-state index contributed by atoms with van der Waals surface area (Å²) in [6.45, 7) is 0. The lowest BCUT2D eigenvalue weighted by atomic mass is 10.00. The van der Waals surface area contributed by atoms with Gasteiger partial charge in [-0.05, 0) is 24.5 Å². The number of fused-ring (bicyclic) bond motifs is 1. The van der Waals surface area contributed by atoms with E-state index >= 15 is 4.39 Å². The highest BCUT2D eigenvalue weighted by molar-refractivity contribution is 7.90. The first-order valence-electron chi connectivity index (χ1n) is 9.88. The third kappa shape index (κ3) is 3.82. The van der Waals surface area contributed by atoms with Crippen LogP contribution in [0.1, 0.15) is 42.5 Å². The zero-order valence-electron chi connectivity index (χ0n) is 16.6. The maximum Gasteiger partial charge on any atom is 0.271 e. The summed E-state index contributed by atoms with van der Waals surface area (Å²) in [7, 11) is -2.09. The van der Waals surface area contributed by atoms with E-state index in [0.29, 0.717) is 29.4 Å². The fourth-order valence-corrected chi connectivity index (χ4v) is 5.33. The van der Waals surface area contributed by atoms with Crippen molar-refractivity contribution in [3.63, 3.8) is 0 Å². The van der Waals surface area contributed by atoms with Crippen LogP contribution >= 0.6 is 0 Å². The first-order chi connectivity index (χ1) is 14.4. The molecule has 1 aromatic heterocycles. The van der Waals surface area contributed by atoms with Gasteiger partial charge in [0.15, 0.2) is 0 Å². The number of rotatable bonds is 5. The Morgan fingerprint density at radius 1 is 1.17 bits per heavy atom. The van der Waals surface area contributed by atoms with Crippen LogP contribution in [0.2, 0.25) is 0 Å². The molecule has 1 aliphatic carbocycles. The van der Waals surface area contributed by atoms with Crippen LogP contribution in [-0.2, 0) is 17.1 Å². The molecule has 1 saturated carbocycles. The lowest BCUT2D eigenvalue weighted by Gasteiger charge is -2.22. The molecule has 1 fully saturated rings. The lowest BCUT2D eigenvalue weighted by Crippen LogP contribution is -2.46. The van der Waals surface area contributed by atoms with Gasteiger partial charge in [-0.2, -0.15) is 0 Å². The van der Waals surface area contributed by atoms with Crippen molar-refractivity contribution in [3.8, 4) is 11.1 Å². The van der Waals surface area contributed by atoms with E-state index in [1.54, 1.807) is 37.4 Å². The van der Waals surface area contributed by atoms with Gasteiger partial charge < -0.3 is 4.57 Å². The third-order valence-corrected chi connectivity index (χ3v) is 7.28. The number of imidazole rings is 1. The van der Waals surface area contributed by atoms with Gasteiger partial charge in [0.2, 0.25) is 10.0 Å². The quantitative estimate of drug-likeness (QED) is 0.608. The minimum Gasteiger partial charge on any atom is -0.333 e. The van der Waals surface area contributed by atoms with Crippen LogP contribution < -0.4 is 10.3 Å². The minimum atomic E-state index is -3.74. The molecule has 0 unspecified atom stereocenters. The second kappa shape index (κ2) is 8.16. The summed E-state index contributed by atoms with van der Waals surface area (Å²) in [5.74, 6) is -1.59. The van der Waals surface area contributed by atoms with Gasteiger partial charge in [0.05, 0.1) is 22.6 Å². The molecule has 9 heteroatoms. The molecule has 2 N–H and O–H groups in total. The third-order valence-electron chi connectivity index (χ3n) is 5.55. The number of benzene rings is 2. The number of halogens is 1. The van der Waals surface area contributed by atoms with Gasteiger partial charge in [0, 0.05) is 12.6 Å². The van der Waals surface area contributed by atoms with E-state index in [9.17, 15) is 13.2 Å². The van der Waals surface area contributed by atoms with E-state index in [1.807, 2.05) is 6.07 Å². The van der Waals surface area contributed by atoms with Crippen LogP contribution in [-0.4, -0.2) is 29.1 Å². The summed E-state index contributed by atoms with van der Waals surface area (Å²) in [6, 6.07) is 10.4. The SMILES string of the molecule is Cn1cnc2cc(-c3ccccc3)c(F)c(C(=O)NNS(=O)(=O)C3CCCCC3)c21. The molecule has 158 valence electrons. The summed E-state index contributed by atoms with van der Waals surface area (Å²) >= 11 is 0. The normalized spacial score (nSPS) is 15.4. The molecule has 0 radical (unpaired) electrons. The number of nitrogens with zero attached hydrogens (tertiary/aromatic N) is 2. The summed E-state index contributed by atoms with van der Waals surface area (Å²) in [6.07, 6.45) is 5.27. The van der Waals surface area contributed by atoms with E-state index in [4.69, 9.17) is 0 Å². The van der Waals surface area contributed by atoms with Crippen LogP contribution in [0.5, 0.6) is 0 Å². The van der Waals surface area contributed by atoms with Crippen molar-refractivity contribution in [3.05, 3.63) is 54.1 Å². The molecule has 0 spiro atoms. The highest BCUT2D eigenvalue weighted by Crippen LogP contribution is 2.31. The highest BCUT2D eigenvalue weighted by Gasteiger charge is 2.29. The molecule has 0 atom stereocenters. The summed E-state index contributed by atoms with van der Waals surface area (Å²) in [4.78, 5) is 19.3. The van der Waals surface area contributed by atoms with Crippen molar-refractivity contribution in [2.24, 2.45) is 7.05 Å². The second-order valence-electron chi connectivity index (χ2n) is 7.56. The van der Waals surface area contributed by atoms with Crippen molar-refractivity contribution < 1.29 is 17.6 Å². The Morgan fingerprint density at radius 3 is 2.57 bits per heavy atom. The zero-order valence-corrected chi connectivity index (χ0v) is 17.4. The Labute approximate surface area is 174 Å². The van der Waals surface area contributed by atoms with E-state index in [0.717, 1.165) is 19.3 Å². The predicted molar refractivity (Wildman–Crippen MR) is 113 cm³/mol. The number of hydrazine groups is 1. The van der Waals surface area contributed by atoms with Crippen LogP contribution in [0, 0.1) is 5.82 Å². The van der Waals surface area contributed by atoms with E-state index in [1.165, 1.54) is 10.9 Å². The second-order valence-corrected chi connectivity index (χ2v) is 9.52. The Hall–Kier alpha value is -2.78. The Kier molecular flexibility index (Phi) is 5.57. The number of aryl methyl sites for hydroxylation is 1. The molecule has 7 nitrogen and oxygen atoms in total. The van der Waals surface area contributed by atoms with Gasteiger partial charge in [-0.1, -0.05) is 49.6 Å². The summed E-state index contributed by atoms with van der Waals surface area (Å²) in [5.41, 5.74) is 3.51. The summed E-state index contributed by atoms with van der Waals surface area (Å²) < 4.78 is 42.1. The van der Waals surface area contributed by atoms with Gasteiger partial charge in [-0.15, -0.1) is 4.83 Å². The first kappa shape index (κ1) is 20.5. The number of hydrogen-bond acceptors (Lipinski definition) is 4. The fraction of sp³-hybridized carbons (Fsp3) is 0.333. The first-order valence-corrected chi connectivity index (χ1v) is 11.4. The van der Waals surface area contributed by atoms with Gasteiger partial charge in [-0.3, -0.25) is 10.2 Å². The Bertz CT molecular complexity index is 1190. The molecule has 0 saturated heterocycles. The van der Waals surface area contributed by atoms with Crippen molar-refractivity contribution in [2.75, 3.05) is 0 Å². The number of nitrogens with one attached hydrogen (secondary N) is 2. The van der Waals surface area contributed by atoms with E-state index in [-0.39, 0.29) is 11.1 Å². The average Bonchev–Trinajstić information content (AvgIpc) is 3.13. The molecule has 0 aliphatic heterocycles. The molecule has 4 rings (SSSR count). The van der Waals surface area contributed by atoms with Gasteiger partial charge in [0.1, 0.15) is 11.4 Å². The molecule has 1 heterocycles. The average molecular weight is 431 g/mol. The van der Waals surface area contributed by atoms with E-state index < -0.39 is 27.0 Å². The fourth-order valence-electron chi connectivity index (χ4n) is 3.97. The monoisotopic (exact) mass is 430 g/mol. The smallest absolute Gasteiger partial charge is 0.271 e. The number of sulfonamides is 1. The van der Waals surface area contributed by atoms with Crippen molar-refractivity contribution in [1.29, 1.82) is 0 Å². The number of carbonyl (C=O) groups excluding carboxylic acids is 1. The molecule has 2 aromatic carbocycles. The van der Waals surface area contributed by atoms with Crippen LogP contribution in [0.25, 0.3) is 22.2 Å². The molecule has 30 heavy (non-hydrogen) atoms. The van der Waals surface area contributed by atoms with Gasteiger partial charge in [-0.25, -0.2) is 17.8 Å². The van der Waals surface area contributed by atoms with Gasteiger partial charge >= 0.3 is 0 Å². The Balaban J connectivity index is 1.69. The zero-order chi connectivity index (χ0) is 21.3. The van der Waals surface area contributed by atoms with E-state index in [2.05, 4.69) is 15.2 Å². The number of amides is 1. The van der Waals surface area contributed by atoms with Gasteiger partial charge in [0.25, 0.3) is 5.91 Å². The van der Waals surface area contributed by atoms with Crippen molar-refractivity contribution in [1.82, 2.24) is 19.8 Å². The maximum absolute atomic E-state index is 15.5. The highest BCUT2D eigenvalue weighted by atomic mass is 32.2. The topological polar surface area (TPSA) is 93.1 Å². The predicted octanol–water partition coefficient (Wildman–Crippen LogP) is 3.28. The molecular formula is C21H23FN4O3S. The summed E-state index contributed by atoms with van der Waals surface area (Å²) in [5, 5.41) is -0.552. The lowest BCUT2D eigenvalue weighted by molar-refractivity contribution is 0.0942.